The van der Waals surface area contributed by atoms with Crippen LogP contribution in [0.4, 0.5) is 0 Å². The topological polar surface area (TPSA) is 34.4 Å². The van der Waals surface area contributed by atoms with Crippen molar-refractivity contribution < 1.29 is 4.79 Å². The van der Waals surface area contributed by atoms with Crippen molar-refractivity contribution in [1.82, 2.24) is 9.38 Å². The molecule has 3 heteroatoms. The van der Waals surface area contributed by atoms with Crippen molar-refractivity contribution in [3.63, 3.8) is 0 Å². The van der Waals surface area contributed by atoms with Crippen molar-refractivity contribution >= 4 is 11.9 Å². The molecule has 3 rings (SSSR count). The van der Waals surface area contributed by atoms with Crippen LogP contribution in [0.3, 0.4) is 0 Å². The third-order valence-corrected chi connectivity index (χ3v) is 3.03. The second kappa shape index (κ2) is 2.92. The predicted molar refractivity (Wildman–Crippen MR) is 57.3 cm³/mol. The Morgan fingerprint density at radius 2 is 2.33 bits per heavy atom. The number of aldehydes is 1. The van der Waals surface area contributed by atoms with Crippen LogP contribution in [0.1, 0.15) is 40.5 Å². The zero-order valence-corrected chi connectivity index (χ0v) is 8.60. The molecule has 2 aromatic heterocycles. The minimum atomic E-state index is 0.660. The van der Waals surface area contributed by atoms with Crippen LogP contribution in [0.25, 0.3) is 5.65 Å². The molecule has 0 aromatic carbocycles. The van der Waals surface area contributed by atoms with Gasteiger partial charge in [-0.2, -0.15) is 0 Å². The fourth-order valence-corrected chi connectivity index (χ4v) is 2.01. The first-order valence-corrected chi connectivity index (χ1v) is 5.23. The molecule has 0 unspecified atom stereocenters. The van der Waals surface area contributed by atoms with E-state index in [9.17, 15) is 4.79 Å². The summed E-state index contributed by atoms with van der Waals surface area (Å²) in [5.41, 5.74) is 3.70. The maximum atomic E-state index is 10.9. The van der Waals surface area contributed by atoms with Crippen molar-refractivity contribution in [2.75, 3.05) is 0 Å². The average molecular weight is 200 g/mol. The molecule has 3 nitrogen and oxygen atoms in total. The highest BCUT2D eigenvalue weighted by Crippen LogP contribution is 2.40. The summed E-state index contributed by atoms with van der Waals surface area (Å²) in [6.07, 6.45) is 5.39. The first kappa shape index (κ1) is 8.65. The maximum Gasteiger partial charge on any atom is 0.168 e. The monoisotopic (exact) mass is 200 g/mol. The Morgan fingerprint density at radius 3 is 3.00 bits per heavy atom. The lowest BCUT2D eigenvalue weighted by Gasteiger charge is -1.99. The lowest BCUT2D eigenvalue weighted by atomic mass is 10.2. The SMILES string of the molecule is Cc1nc2cc(C3CC3)ccn2c1C=O. The Labute approximate surface area is 87.7 Å². The molecule has 1 aliphatic carbocycles. The lowest BCUT2D eigenvalue weighted by molar-refractivity contribution is 0.111. The number of imidazole rings is 1. The van der Waals surface area contributed by atoms with E-state index in [1.54, 1.807) is 0 Å². The molecular formula is C12H12N2O. The Balaban J connectivity index is 2.23. The van der Waals surface area contributed by atoms with Crippen LogP contribution in [0, 0.1) is 6.92 Å². The van der Waals surface area contributed by atoms with E-state index in [1.807, 2.05) is 17.5 Å². The number of hydrogen-bond acceptors (Lipinski definition) is 2. The quantitative estimate of drug-likeness (QED) is 0.697. The number of fused-ring (bicyclic) bond motifs is 1. The Bertz CT molecular complexity index is 538. The molecule has 15 heavy (non-hydrogen) atoms. The summed E-state index contributed by atoms with van der Waals surface area (Å²) < 4.78 is 1.86. The van der Waals surface area contributed by atoms with Gasteiger partial charge in [0.2, 0.25) is 0 Å². The van der Waals surface area contributed by atoms with Gasteiger partial charge in [0.15, 0.2) is 6.29 Å². The van der Waals surface area contributed by atoms with E-state index in [-0.39, 0.29) is 0 Å². The van der Waals surface area contributed by atoms with Gasteiger partial charge >= 0.3 is 0 Å². The highest BCUT2D eigenvalue weighted by atomic mass is 16.1. The van der Waals surface area contributed by atoms with Gasteiger partial charge in [0.1, 0.15) is 11.3 Å². The van der Waals surface area contributed by atoms with Crippen LogP contribution in [0.5, 0.6) is 0 Å². The van der Waals surface area contributed by atoms with Crippen molar-refractivity contribution in [3.8, 4) is 0 Å². The van der Waals surface area contributed by atoms with Gasteiger partial charge < -0.3 is 0 Å². The Morgan fingerprint density at radius 1 is 1.53 bits per heavy atom. The minimum Gasteiger partial charge on any atom is -0.297 e. The van der Waals surface area contributed by atoms with E-state index in [4.69, 9.17) is 0 Å². The number of rotatable bonds is 2. The smallest absolute Gasteiger partial charge is 0.168 e. The number of carbonyl (C=O) groups excluding carboxylic acids is 1. The van der Waals surface area contributed by atoms with Crippen molar-refractivity contribution in [2.24, 2.45) is 0 Å². The van der Waals surface area contributed by atoms with Gasteiger partial charge in [-0.3, -0.25) is 9.20 Å². The van der Waals surface area contributed by atoms with Gasteiger partial charge in [-0.05, 0) is 43.4 Å². The standard InChI is InChI=1S/C12H12N2O/c1-8-11(7-15)14-5-4-10(9-2-3-9)6-12(14)13-8/h4-7,9H,2-3H2,1H3. The lowest BCUT2D eigenvalue weighted by Crippen LogP contribution is -1.92. The molecule has 0 amide bonds. The molecule has 0 spiro atoms. The summed E-state index contributed by atoms with van der Waals surface area (Å²) in [7, 11) is 0. The summed E-state index contributed by atoms with van der Waals surface area (Å²) in [6.45, 7) is 1.87. The third kappa shape index (κ3) is 1.27. The zero-order valence-electron chi connectivity index (χ0n) is 8.60. The maximum absolute atomic E-state index is 10.9. The summed E-state index contributed by atoms with van der Waals surface area (Å²) in [4.78, 5) is 15.3. The molecule has 0 radical (unpaired) electrons. The van der Waals surface area contributed by atoms with Gasteiger partial charge in [0, 0.05) is 6.20 Å². The summed E-state index contributed by atoms with van der Waals surface area (Å²) in [5.74, 6) is 0.728. The van der Waals surface area contributed by atoms with Gasteiger partial charge in [-0.25, -0.2) is 4.98 Å². The average Bonchev–Trinajstić information content (AvgIpc) is 3.01. The van der Waals surface area contributed by atoms with Crippen molar-refractivity contribution in [2.45, 2.75) is 25.7 Å². The van der Waals surface area contributed by atoms with E-state index in [2.05, 4.69) is 17.1 Å². The van der Waals surface area contributed by atoms with Gasteiger partial charge in [-0.15, -0.1) is 0 Å². The van der Waals surface area contributed by atoms with E-state index < -0.39 is 0 Å². The molecule has 0 aliphatic heterocycles. The fraction of sp³-hybridized carbons (Fsp3) is 0.333. The normalized spacial score (nSPS) is 15.8. The number of hydrogen-bond donors (Lipinski definition) is 0. The second-order valence-corrected chi connectivity index (χ2v) is 4.16. The minimum absolute atomic E-state index is 0.660. The molecule has 76 valence electrons. The van der Waals surface area contributed by atoms with Gasteiger partial charge in [-0.1, -0.05) is 0 Å². The van der Waals surface area contributed by atoms with Crippen LogP contribution >= 0.6 is 0 Å². The van der Waals surface area contributed by atoms with Crippen molar-refractivity contribution in [3.05, 3.63) is 35.3 Å². The molecule has 0 atom stereocenters. The molecule has 0 saturated heterocycles. The first-order chi connectivity index (χ1) is 7.29. The fourth-order valence-electron chi connectivity index (χ4n) is 2.01. The van der Waals surface area contributed by atoms with Crippen LogP contribution in [0.15, 0.2) is 18.3 Å². The largest absolute Gasteiger partial charge is 0.297 e. The van der Waals surface area contributed by atoms with E-state index in [0.717, 1.165) is 23.5 Å². The van der Waals surface area contributed by atoms with Crippen LogP contribution in [-0.4, -0.2) is 15.7 Å². The van der Waals surface area contributed by atoms with E-state index >= 15 is 0 Å². The predicted octanol–water partition coefficient (Wildman–Crippen LogP) is 2.33. The highest BCUT2D eigenvalue weighted by Gasteiger charge is 2.24. The summed E-state index contributed by atoms with van der Waals surface area (Å²) in [5, 5.41) is 0. The Kier molecular flexibility index (Phi) is 1.69. The number of aromatic nitrogens is 2. The number of nitrogens with zero attached hydrogens (tertiary/aromatic N) is 2. The highest BCUT2D eigenvalue weighted by molar-refractivity contribution is 5.76. The van der Waals surface area contributed by atoms with Crippen molar-refractivity contribution in [1.29, 1.82) is 0 Å². The molecule has 1 saturated carbocycles. The number of aryl methyl sites for hydroxylation is 1. The summed E-state index contributed by atoms with van der Waals surface area (Å²) in [6, 6.07) is 4.19. The van der Waals surface area contributed by atoms with E-state index in [1.165, 1.54) is 18.4 Å². The second-order valence-electron chi connectivity index (χ2n) is 4.16. The number of carbonyl (C=O) groups is 1. The van der Waals surface area contributed by atoms with Crippen LogP contribution in [-0.2, 0) is 0 Å². The first-order valence-electron chi connectivity index (χ1n) is 5.23. The van der Waals surface area contributed by atoms with Gasteiger partial charge in [0.05, 0.1) is 5.69 Å². The molecule has 2 heterocycles. The van der Waals surface area contributed by atoms with Gasteiger partial charge in [0.25, 0.3) is 0 Å². The van der Waals surface area contributed by atoms with E-state index in [0.29, 0.717) is 5.69 Å². The molecule has 1 fully saturated rings. The molecule has 0 bridgehead atoms. The molecule has 0 N–H and O–H groups in total. The third-order valence-electron chi connectivity index (χ3n) is 3.03. The van der Waals surface area contributed by atoms with Crippen LogP contribution < -0.4 is 0 Å². The molecular weight excluding hydrogens is 188 g/mol. The number of pyridine rings is 1. The summed E-state index contributed by atoms with van der Waals surface area (Å²) >= 11 is 0. The van der Waals surface area contributed by atoms with Crippen LogP contribution in [0.2, 0.25) is 0 Å². The molecule has 2 aromatic rings. The molecule has 1 aliphatic rings. The Hall–Kier alpha value is -1.64. The zero-order chi connectivity index (χ0) is 10.4.